The number of rotatable bonds is 4. The highest BCUT2D eigenvalue weighted by molar-refractivity contribution is 6.33. The summed E-state index contributed by atoms with van der Waals surface area (Å²) in [6.07, 6.45) is -0.880. The Morgan fingerprint density at radius 1 is 1.55 bits per heavy atom. The van der Waals surface area contributed by atoms with Gasteiger partial charge in [0.05, 0.1) is 22.7 Å². The van der Waals surface area contributed by atoms with Crippen LogP contribution in [0.4, 0.5) is 19.0 Å². The molecular weight excluding hydrogens is 293 g/mol. The third-order valence-corrected chi connectivity index (χ3v) is 3.63. The molecule has 1 fully saturated rings. The van der Waals surface area contributed by atoms with Crippen LogP contribution in [-0.2, 0) is 10.9 Å². The van der Waals surface area contributed by atoms with Crippen molar-refractivity contribution in [2.24, 2.45) is 0 Å². The first kappa shape index (κ1) is 15.4. The largest absolute Gasteiger partial charge is 0.417 e. The summed E-state index contributed by atoms with van der Waals surface area (Å²) >= 11 is 5.88. The highest BCUT2D eigenvalue weighted by Crippen LogP contribution is 2.33. The van der Waals surface area contributed by atoms with Crippen molar-refractivity contribution in [3.05, 3.63) is 22.8 Å². The van der Waals surface area contributed by atoms with Crippen molar-refractivity contribution >= 4 is 17.4 Å². The topological polar surface area (TPSA) is 34.2 Å². The minimum Gasteiger partial charge on any atom is -0.376 e. The zero-order valence-electron chi connectivity index (χ0n) is 11.0. The molecule has 112 valence electrons. The molecular formula is C13H16ClF3N2O. The molecule has 0 radical (unpaired) electrons. The lowest BCUT2D eigenvalue weighted by molar-refractivity contribution is -0.137. The summed E-state index contributed by atoms with van der Waals surface area (Å²) < 4.78 is 43.2. The second-order valence-electron chi connectivity index (χ2n) is 4.76. The second kappa shape index (κ2) is 6.18. The Morgan fingerprint density at radius 2 is 2.30 bits per heavy atom. The van der Waals surface area contributed by atoms with Gasteiger partial charge < -0.3 is 10.1 Å². The minimum absolute atomic E-state index is 0.000707. The molecule has 1 aromatic rings. The van der Waals surface area contributed by atoms with Crippen LogP contribution < -0.4 is 5.32 Å². The van der Waals surface area contributed by atoms with Crippen molar-refractivity contribution in [3.8, 4) is 0 Å². The van der Waals surface area contributed by atoms with Crippen molar-refractivity contribution in [1.29, 1.82) is 0 Å². The van der Waals surface area contributed by atoms with E-state index in [0.29, 0.717) is 0 Å². The zero-order chi connectivity index (χ0) is 14.8. The second-order valence-corrected chi connectivity index (χ2v) is 5.17. The van der Waals surface area contributed by atoms with Gasteiger partial charge >= 0.3 is 6.18 Å². The molecule has 0 spiro atoms. The third kappa shape index (κ3) is 3.55. The summed E-state index contributed by atoms with van der Waals surface area (Å²) in [5.41, 5.74) is -0.849. The van der Waals surface area contributed by atoms with E-state index in [0.717, 1.165) is 38.1 Å². The van der Waals surface area contributed by atoms with E-state index in [1.54, 1.807) is 0 Å². The number of pyridine rings is 1. The maximum Gasteiger partial charge on any atom is 0.417 e. The van der Waals surface area contributed by atoms with Gasteiger partial charge in [-0.15, -0.1) is 0 Å². The molecule has 0 aliphatic carbocycles. The number of hydrogen-bond donors (Lipinski definition) is 1. The fourth-order valence-corrected chi connectivity index (χ4v) is 2.47. The van der Waals surface area contributed by atoms with E-state index in [4.69, 9.17) is 16.3 Å². The zero-order valence-corrected chi connectivity index (χ0v) is 11.8. The van der Waals surface area contributed by atoms with Gasteiger partial charge in [0.15, 0.2) is 0 Å². The summed E-state index contributed by atoms with van der Waals surface area (Å²) in [5, 5.41) is 3.05. The predicted molar refractivity (Wildman–Crippen MR) is 70.9 cm³/mol. The van der Waals surface area contributed by atoms with Crippen LogP contribution in [0, 0.1) is 0 Å². The fourth-order valence-electron chi connectivity index (χ4n) is 2.25. The molecule has 1 aromatic heterocycles. The van der Waals surface area contributed by atoms with Crippen LogP contribution in [0.2, 0.25) is 5.02 Å². The monoisotopic (exact) mass is 308 g/mol. The van der Waals surface area contributed by atoms with Crippen LogP contribution in [0.25, 0.3) is 0 Å². The summed E-state index contributed by atoms with van der Waals surface area (Å²) in [4.78, 5) is 3.79. The lowest BCUT2D eigenvalue weighted by Crippen LogP contribution is -2.33. The molecule has 1 N–H and O–H groups in total. The van der Waals surface area contributed by atoms with E-state index in [-0.39, 0.29) is 23.0 Å². The van der Waals surface area contributed by atoms with Crippen LogP contribution in [0.5, 0.6) is 0 Å². The van der Waals surface area contributed by atoms with E-state index in [9.17, 15) is 13.2 Å². The van der Waals surface area contributed by atoms with Crippen LogP contribution in [0.3, 0.4) is 0 Å². The van der Waals surface area contributed by atoms with Crippen LogP contribution in [-0.4, -0.2) is 23.7 Å². The summed E-state index contributed by atoms with van der Waals surface area (Å²) in [6, 6.07) is 0.887. The Labute approximate surface area is 120 Å². The molecule has 0 saturated carbocycles. The Balaban J connectivity index is 2.12. The first-order valence-electron chi connectivity index (χ1n) is 6.52. The summed E-state index contributed by atoms with van der Waals surface area (Å²) in [7, 11) is 0. The molecule has 0 amide bonds. The van der Waals surface area contributed by atoms with Crippen LogP contribution in [0.1, 0.15) is 31.7 Å². The van der Waals surface area contributed by atoms with Gasteiger partial charge in [-0.1, -0.05) is 18.5 Å². The maximum atomic E-state index is 12.5. The van der Waals surface area contributed by atoms with Crippen LogP contribution in [0.15, 0.2) is 12.3 Å². The van der Waals surface area contributed by atoms with E-state index in [1.165, 1.54) is 0 Å². The van der Waals surface area contributed by atoms with Gasteiger partial charge in [-0.05, 0) is 25.3 Å². The summed E-state index contributed by atoms with van der Waals surface area (Å²) in [5.74, 6) is 0.266. The number of nitrogens with zero attached hydrogens (tertiary/aromatic N) is 1. The van der Waals surface area contributed by atoms with E-state index < -0.39 is 11.7 Å². The van der Waals surface area contributed by atoms with Crippen molar-refractivity contribution in [3.63, 3.8) is 0 Å². The van der Waals surface area contributed by atoms with Crippen LogP contribution >= 0.6 is 11.6 Å². The maximum absolute atomic E-state index is 12.5. The van der Waals surface area contributed by atoms with Gasteiger partial charge in [0.25, 0.3) is 0 Å². The highest BCUT2D eigenvalue weighted by Gasteiger charge is 2.32. The lowest BCUT2D eigenvalue weighted by Gasteiger charge is -2.24. The highest BCUT2D eigenvalue weighted by atomic mass is 35.5. The number of aromatic nitrogens is 1. The van der Waals surface area contributed by atoms with Gasteiger partial charge in [0.1, 0.15) is 5.82 Å². The molecule has 20 heavy (non-hydrogen) atoms. The Morgan fingerprint density at radius 3 is 2.80 bits per heavy atom. The number of nitrogens with one attached hydrogen (secondary N) is 1. The van der Waals surface area contributed by atoms with Crippen molar-refractivity contribution < 1.29 is 17.9 Å². The molecule has 1 saturated heterocycles. The Bertz CT molecular complexity index is 461. The van der Waals surface area contributed by atoms with Gasteiger partial charge in [0, 0.05) is 12.8 Å². The quantitative estimate of drug-likeness (QED) is 0.908. The lowest BCUT2D eigenvalue weighted by atomic mass is 10.1. The molecule has 2 unspecified atom stereocenters. The molecule has 7 heteroatoms. The Hall–Kier alpha value is -1.01. The molecule has 2 heterocycles. The predicted octanol–water partition coefficient (Wildman–Crippen LogP) is 4.12. The minimum atomic E-state index is -4.44. The smallest absolute Gasteiger partial charge is 0.376 e. The number of hydrogen-bond acceptors (Lipinski definition) is 3. The molecule has 2 rings (SSSR count). The van der Waals surface area contributed by atoms with E-state index >= 15 is 0 Å². The van der Waals surface area contributed by atoms with Gasteiger partial charge in [-0.2, -0.15) is 13.2 Å². The SMILES string of the molecule is CCC(Nc1ncc(C(F)(F)F)cc1Cl)C1CCCO1. The molecule has 2 atom stereocenters. The average molecular weight is 309 g/mol. The molecule has 0 bridgehead atoms. The standard InChI is InChI=1S/C13H16ClF3N2O/c1-2-10(11-4-3-5-20-11)19-12-9(14)6-8(7-18-12)13(15,16)17/h6-7,10-11H,2-5H2,1H3,(H,18,19). The fraction of sp³-hybridized carbons (Fsp3) is 0.615. The molecule has 1 aliphatic heterocycles. The first-order valence-corrected chi connectivity index (χ1v) is 6.90. The molecule has 0 aromatic carbocycles. The van der Waals surface area contributed by atoms with Gasteiger partial charge in [0.2, 0.25) is 0 Å². The van der Waals surface area contributed by atoms with Crippen molar-refractivity contribution in [1.82, 2.24) is 4.98 Å². The van der Waals surface area contributed by atoms with E-state index in [2.05, 4.69) is 10.3 Å². The molecule has 3 nitrogen and oxygen atoms in total. The summed E-state index contributed by atoms with van der Waals surface area (Å²) in [6.45, 7) is 2.70. The Kier molecular flexibility index (Phi) is 4.75. The number of ether oxygens (including phenoxy) is 1. The van der Waals surface area contributed by atoms with Crippen molar-refractivity contribution in [2.45, 2.75) is 44.5 Å². The third-order valence-electron chi connectivity index (χ3n) is 3.34. The average Bonchev–Trinajstić information content (AvgIpc) is 2.90. The van der Waals surface area contributed by atoms with E-state index in [1.807, 2.05) is 6.92 Å². The number of anilines is 1. The number of alkyl halides is 3. The van der Waals surface area contributed by atoms with Crippen molar-refractivity contribution in [2.75, 3.05) is 11.9 Å². The van der Waals surface area contributed by atoms with Gasteiger partial charge in [-0.3, -0.25) is 0 Å². The molecule has 1 aliphatic rings. The van der Waals surface area contributed by atoms with Gasteiger partial charge in [-0.25, -0.2) is 4.98 Å². The normalized spacial score (nSPS) is 20.9. The first-order chi connectivity index (χ1) is 9.41. The number of halogens is 4.